The van der Waals surface area contributed by atoms with Gasteiger partial charge in [0, 0.05) is 69.6 Å². The van der Waals surface area contributed by atoms with Crippen molar-refractivity contribution in [1.82, 2.24) is 14.8 Å². The monoisotopic (exact) mass is 657 g/mol. The van der Waals surface area contributed by atoms with Crippen LogP contribution in [0.25, 0.3) is 0 Å². The van der Waals surface area contributed by atoms with Crippen LogP contribution in [0.1, 0.15) is 40.7 Å². The normalized spacial score (nSPS) is 16.1. The lowest BCUT2D eigenvalue weighted by Gasteiger charge is -2.37. The van der Waals surface area contributed by atoms with E-state index < -0.39 is 17.6 Å². The molecule has 2 saturated heterocycles. The summed E-state index contributed by atoms with van der Waals surface area (Å²) in [4.78, 5) is 36.5. The van der Waals surface area contributed by atoms with Gasteiger partial charge in [-0.25, -0.2) is 4.98 Å². The lowest BCUT2D eigenvalue weighted by Crippen LogP contribution is -2.48. The van der Waals surface area contributed by atoms with E-state index in [9.17, 15) is 22.8 Å². The van der Waals surface area contributed by atoms with Crippen molar-refractivity contribution < 1.29 is 27.5 Å². The number of anilines is 2. The molecule has 2 aliphatic heterocycles. The Bertz CT molecular complexity index is 1650. The predicted molar refractivity (Wildman–Crippen MR) is 178 cm³/mol. The van der Waals surface area contributed by atoms with Gasteiger partial charge in [0.2, 0.25) is 11.8 Å². The number of halogens is 3. The maximum absolute atomic E-state index is 13.1. The number of alkyl halides is 3. The highest BCUT2D eigenvalue weighted by molar-refractivity contribution is 6.04. The minimum absolute atomic E-state index is 0.102. The second-order valence-corrected chi connectivity index (χ2v) is 12.3. The summed E-state index contributed by atoms with van der Waals surface area (Å²) >= 11 is 0. The van der Waals surface area contributed by atoms with Crippen molar-refractivity contribution >= 4 is 23.2 Å². The fourth-order valence-corrected chi connectivity index (χ4v) is 6.14. The Kier molecular flexibility index (Phi) is 10.2. The largest absolute Gasteiger partial charge is 0.439 e. The van der Waals surface area contributed by atoms with Crippen LogP contribution in [0.5, 0.6) is 11.6 Å². The minimum Gasteiger partial charge on any atom is -0.439 e. The first kappa shape index (κ1) is 33.0. The van der Waals surface area contributed by atoms with Gasteiger partial charge in [-0.05, 0) is 78.9 Å². The number of rotatable bonds is 9. The third-order valence-electron chi connectivity index (χ3n) is 8.94. The molecule has 2 aliphatic rings. The number of carbonyl (C=O) groups excluding carboxylic acids is 2. The van der Waals surface area contributed by atoms with Gasteiger partial charge < -0.3 is 19.9 Å². The number of ether oxygens (including phenoxy) is 1. The van der Waals surface area contributed by atoms with Crippen LogP contribution in [-0.4, -0.2) is 65.9 Å². The molecule has 4 aromatic rings. The van der Waals surface area contributed by atoms with Crippen LogP contribution in [0.4, 0.5) is 24.5 Å². The Morgan fingerprint density at radius 1 is 0.812 bits per heavy atom. The third kappa shape index (κ3) is 8.71. The van der Waals surface area contributed by atoms with Crippen molar-refractivity contribution in [3.63, 3.8) is 0 Å². The summed E-state index contributed by atoms with van der Waals surface area (Å²) in [6.07, 6.45) is -0.473. The van der Waals surface area contributed by atoms with Gasteiger partial charge in [0.05, 0.1) is 17.4 Å². The average Bonchev–Trinajstić information content (AvgIpc) is 3.10. The topological polar surface area (TPSA) is 78.0 Å². The fourth-order valence-electron chi connectivity index (χ4n) is 6.14. The number of nitrogens with one attached hydrogen (secondary N) is 1. The Hall–Kier alpha value is -4.90. The molecular weight excluding hydrogens is 619 g/mol. The Morgan fingerprint density at radius 2 is 1.50 bits per heavy atom. The summed E-state index contributed by atoms with van der Waals surface area (Å²) in [5.41, 5.74) is 2.07. The molecule has 2 fully saturated rings. The van der Waals surface area contributed by atoms with Crippen molar-refractivity contribution in [3.8, 4) is 11.6 Å². The molecule has 0 spiro atoms. The van der Waals surface area contributed by atoms with Crippen molar-refractivity contribution in [2.24, 2.45) is 5.92 Å². The molecule has 0 unspecified atom stereocenters. The summed E-state index contributed by atoms with van der Waals surface area (Å²) in [5.74, 6) is 1.07. The molecule has 0 aliphatic carbocycles. The van der Waals surface area contributed by atoms with E-state index in [4.69, 9.17) is 4.74 Å². The molecule has 6 rings (SSSR count). The van der Waals surface area contributed by atoms with Gasteiger partial charge in [-0.2, -0.15) is 13.2 Å². The van der Waals surface area contributed by atoms with Crippen LogP contribution in [0.2, 0.25) is 0 Å². The number of benzene rings is 3. The van der Waals surface area contributed by atoms with E-state index in [1.807, 2.05) is 35.2 Å². The first-order chi connectivity index (χ1) is 23.2. The average molecular weight is 658 g/mol. The van der Waals surface area contributed by atoms with E-state index in [-0.39, 0.29) is 11.5 Å². The Labute approximate surface area is 278 Å². The van der Waals surface area contributed by atoms with Gasteiger partial charge in [0.15, 0.2) is 0 Å². The molecular formula is C37H38F3N5O3. The summed E-state index contributed by atoms with van der Waals surface area (Å²) in [6.45, 7) is 6.12. The third-order valence-corrected chi connectivity index (χ3v) is 8.94. The summed E-state index contributed by atoms with van der Waals surface area (Å²) in [5, 5.41) is 2.62. The second kappa shape index (κ2) is 14.9. The smallest absolute Gasteiger partial charge is 0.416 e. The fraction of sp³-hybridized carbons (Fsp3) is 0.324. The van der Waals surface area contributed by atoms with E-state index in [0.29, 0.717) is 29.7 Å². The number of hydrogen-bond acceptors (Lipinski definition) is 6. The molecule has 250 valence electrons. The molecule has 2 amide bonds. The number of amides is 2. The van der Waals surface area contributed by atoms with Gasteiger partial charge >= 0.3 is 6.18 Å². The van der Waals surface area contributed by atoms with Crippen molar-refractivity contribution in [1.29, 1.82) is 0 Å². The SMILES string of the molecule is O=C(Nc1ccc(Oc2ccc(N3CCC(CC(=O)N4CCN(Cc5ccccc5)CC4)CC3)cc2)nc1)c1ccc(C(F)(F)F)cc1. The van der Waals surface area contributed by atoms with Crippen molar-refractivity contribution in [2.45, 2.75) is 32.0 Å². The number of aromatic nitrogens is 1. The van der Waals surface area contributed by atoms with E-state index in [1.54, 1.807) is 12.1 Å². The highest BCUT2D eigenvalue weighted by Crippen LogP contribution is 2.30. The van der Waals surface area contributed by atoms with Gasteiger partial charge in [-0.3, -0.25) is 14.5 Å². The first-order valence-corrected chi connectivity index (χ1v) is 16.2. The van der Waals surface area contributed by atoms with E-state index in [0.717, 1.165) is 88.6 Å². The molecule has 3 aromatic carbocycles. The Balaban J connectivity index is 0.915. The first-order valence-electron chi connectivity index (χ1n) is 16.2. The van der Waals surface area contributed by atoms with Gasteiger partial charge in [0.25, 0.3) is 5.91 Å². The van der Waals surface area contributed by atoms with Crippen LogP contribution in [0, 0.1) is 5.92 Å². The summed E-state index contributed by atoms with van der Waals surface area (Å²) in [7, 11) is 0. The number of nitrogens with zero attached hydrogens (tertiary/aromatic N) is 4. The quantitative estimate of drug-likeness (QED) is 0.207. The number of pyridine rings is 1. The van der Waals surface area contributed by atoms with Crippen LogP contribution < -0.4 is 15.0 Å². The van der Waals surface area contributed by atoms with E-state index in [2.05, 4.69) is 44.4 Å². The van der Waals surface area contributed by atoms with Crippen LogP contribution >= 0.6 is 0 Å². The molecule has 11 heteroatoms. The maximum atomic E-state index is 13.1. The molecule has 0 atom stereocenters. The van der Waals surface area contributed by atoms with Crippen LogP contribution in [0.3, 0.4) is 0 Å². The minimum atomic E-state index is -4.46. The van der Waals surface area contributed by atoms with Crippen molar-refractivity contribution in [2.75, 3.05) is 49.5 Å². The van der Waals surface area contributed by atoms with E-state index >= 15 is 0 Å². The number of piperidine rings is 1. The van der Waals surface area contributed by atoms with E-state index in [1.165, 1.54) is 11.8 Å². The van der Waals surface area contributed by atoms with Crippen LogP contribution in [0.15, 0.2) is 97.2 Å². The van der Waals surface area contributed by atoms with Gasteiger partial charge in [-0.1, -0.05) is 30.3 Å². The molecule has 1 aromatic heterocycles. The number of hydrogen-bond donors (Lipinski definition) is 1. The highest BCUT2D eigenvalue weighted by atomic mass is 19.4. The molecule has 1 N–H and O–H groups in total. The van der Waals surface area contributed by atoms with Gasteiger partial charge in [0.1, 0.15) is 5.75 Å². The molecule has 48 heavy (non-hydrogen) atoms. The molecule has 0 radical (unpaired) electrons. The molecule has 0 bridgehead atoms. The lowest BCUT2D eigenvalue weighted by molar-refractivity contribution is -0.137. The predicted octanol–water partition coefficient (Wildman–Crippen LogP) is 7.10. The number of carbonyl (C=O) groups is 2. The summed E-state index contributed by atoms with van der Waals surface area (Å²) in [6, 6.07) is 25.5. The zero-order valence-electron chi connectivity index (χ0n) is 26.5. The molecule has 3 heterocycles. The highest BCUT2D eigenvalue weighted by Gasteiger charge is 2.30. The zero-order chi connectivity index (χ0) is 33.5. The van der Waals surface area contributed by atoms with Crippen LogP contribution in [-0.2, 0) is 17.5 Å². The molecule has 0 saturated carbocycles. The second-order valence-electron chi connectivity index (χ2n) is 12.3. The summed E-state index contributed by atoms with van der Waals surface area (Å²) < 4.78 is 44.2. The maximum Gasteiger partial charge on any atom is 0.416 e. The zero-order valence-corrected chi connectivity index (χ0v) is 26.5. The van der Waals surface area contributed by atoms with Gasteiger partial charge in [-0.15, -0.1) is 0 Å². The molecule has 8 nitrogen and oxygen atoms in total. The standard InChI is InChI=1S/C37H38F3N5O3/c38-37(39,40)30-8-6-29(7-9-30)36(47)42-31-10-15-34(41-25-31)48-33-13-11-32(12-14-33)44-18-16-27(17-19-44)24-35(46)45-22-20-43(21-23-45)26-28-4-2-1-3-5-28/h1-15,25,27H,16-24,26H2,(H,42,47). The number of piperazine rings is 1. The lowest BCUT2D eigenvalue weighted by atomic mass is 9.92. The Morgan fingerprint density at radius 3 is 2.12 bits per heavy atom. The van der Waals surface area contributed by atoms with Crippen molar-refractivity contribution in [3.05, 3.63) is 114 Å².